The van der Waals surface area contributed by atoms with Gasteiger partial charge in [-0.15, -0.1) is 0 Å². The van der Waals surface area contributed by atoms with Crippen molar-refractivity contribution in [3.63, 3.8) is 0 Å². The summed E-state index contributed by atoms with van der Waals surface area (Å²) in [6.45, 7) is 0. The lowest BCUT2D eigenvalue weighted by molar-refractivity contribution is -0.115. The molecule has 0 aliphatic carbocycles. The molecule has 0 spiro atoms. The van der Waals surface area contributed by atoms with E-state index < -0.39 is 0 Å². The van der Waals surface area contributed by atoms with Crippen LogP contribution in [-0.4, -0.2) is 27.2 Å². The summed E-state index contributed by atoms with van der Waals surface area (Å²) in [5.41, 5.74) is 0.557. The van der Waals surface area contributed by atoms with E-state index in [1.54, 1.807) is 24.3 Å². The molecule has 0 fully saturated rings. The van der Waals surface area contributed by atoms with Crippen LogP contribution in [0.4, 0.5) is 5.69 Å². The maximum absolute atomic E-state index is 11.9. The fourth-order valence-corrected chi connectivity index (χ4v) is 1.93. The normalized spacial score (nSPS) is 10.0. The van der Waals surface area contributed by atoms with Crippen molar-refractivity contribution in [3.05, 3.63) is 36.3 Å². The first kappa shape index (κ1) is 14.8. The predicted octanol–water partition coefficient (Wildman–Crippen LogP) is 2.49. The van der Waals surface area contributed by atoms with E-state index in [9.17, 15) is 4.79 Å². The molecule has 1 amide bonds. The van der Waals surface area contributed by atoms with Crippen molar-refractivity contribution in [2.45, 2.75) is 6.42 Å². The number of rotatable bonds is 6. The Bertz CT molecular complexity index is 582. The number of furan rings is 1. The average Bonchev–Trinajstić information content (AvgIpc) is 2.98. The van der Waals surface area contributed by atoms with Crippen LogP contribution in [0.25, 0.3) is 0 Å². The van der Waals surface area contributed by atoms with Gasteiger partial charge < -0.3 is 23.9 Å². The van der Waals surface area contributed by atoms with Crippen LogP contribution in [0.1, 0.15) is 5.76 Å². The van der Waals surface area contributed by atoms with Crippen LogP contribution in [0.5, 0.6) is 17.2 Å². The number of amides is 1. The van der Waals surface area contributed by atoms with Crippen molar-refractivity contribution in [1.82, 2.24) is 0 Å². The van der Waals surface area contributed by atoms with E-state index in [2.05, 4.69) is 5.32 Å². The van der Waals surface area contributed by atoms with Crippen molar-refractivity contribution in [2.24, 2.45) is 0 Å². The number of anilines is 1. The number of hydrogen-bond donors (Lipinski definition) is 1. The summed E-state index contributed by atoms with van der Waals surface area (Å²) in [4.78, 5) is 11.9. The molecule has 21 heavy (non-hydrogen) atoms. The van der Waals surface area contributed by atoms with Gasteiger partial charge in [-0.2, -0.15) is 0 Å². The van der Waals surface area contributed by atoms with E-state index in [1.165, 1.54) is 27.6 Å². The molecule has 0 bridgehead atoms. The molecular formula is C15H17NO5. The molecule has 0 aliphatic rings. The van der Waals surface area contributed by atoms with Crippen molar-refractivity contribution >= 4 is 11.6 Å². The molecule has 1 aromatic carbocycles. The van der Waals surface area contributed by atoms with E-state index in [0.717, 1.165) is 0 Å². The second kappa shape index (κ2) is 6.69. The largest absolute Gasteiger partial charge is 0.493 e. The molecule has 6 nitrogen and oxygen atoms in total. The standard InChI is InChI=1S/C15H17NO5/c1-18-12-7-10(8-13(19-2)15(12)20-3)16-14(17)9-11-5-4-6-21-11/h4-8H,9H2,1-3H3,(H,16,17). The van der Waals surface area contributed by atoms with Crippen LogP contribution < -0.4 is 19.5 Å². The van der Waals surface area contributed by atoms with E-state index in [-0.39, 0.29) is 12.3 Å². The quantitative estimate of drug-likeness (QED) is 0.885. The number of carbonyl (C=O) groups excluding carboxylic acids is 1. The Labute approximate surface area is 122 Å². The summed E-state index contributed by atoms with van der Waals surface area (Å²) >= 11 is 0. The van der Waals surface area contributed by atoms with E-state index in [4.69, 9.17) is 18.6 Å². The number of methoxy groups -OCH3 is 3. The van der Waals surface area contributed by atoms with Gasteiger partial charge >= 0.3 is 0 Å². The Morgan fingerprint density at radius 1 is 1.14 bits per heavy atom. The summed E-state index contributed by atoms with van der Waals surface area (Å²) in [5, 5.41) is 2.77. The van der Waals surface area contributed by atoms with Gasteiger partial charge in [0, 0.05) is 17.8 Å². The fraction of sp³-hybridized carbons (Fsp3) is 0.267. The van der Waals surface area contributed by atoms with Crippen LogP contribution in [0.2, 0.25) is 0 Å². The molecule has 1 aromatic heterocycles. The van der Waals surface area contributed by atoms with Gasteiger partial charge in [0.25, 0.3) is 0 Å². The van der Waals surface area contributed by atoms with Gasteiger partial charge in [0.1, 0.15) is 5.76 Å². The SMILES string of the molecule is COc1cc(NC(=O)Cc2ccco2)cc(OC)c1OC. The number of nitrogens with one attached hydrogen (secondary N) is 1. The highest BCUT2D eigenvalue weighted by molar-refractivity contribution is 5.92. The Hall–Kier alpha value is -2.63. The van der Waals surface area contributed by atoms with Gasteiger partial charge in [-0.3, -0.25) is 4.79 Å². The molecule has 6 heteroatoms. The molecule has 0 aliphatic heterocycles. The molecule has 112 valence electrons. The first-order valence-corrected chi connectivity index (χ1v) is 6.30. The molecular weight excluding hydrogens is 274 g/mol. The molecule has 2 aromatic rings. The Kier molecular flexibility index (Phi) is 4.71. The van der Waals surface area contributed by atoms with Gasteiger partial charge in [-0.25, -0.2) is 0 Å². The first-order chi connectivity index (χ1) is 10.2. The number of hydrogen-bond acceptors (Lipinski definition) is 5. The number of ether oxygens (including phenoxy) is 3. The first-order valence-electron chi connectivity index (χ1n) is 6.30. The number of carbonyl (C=O) groups is 1. The van der Waals surface area contributed by atoms with E-state index in [0.29, 0.717) is 28.7 Å². The van der Waals surface area contributed by atoms with Crippen LogP contribution in [0, 0.1) is 0 Å². The smallest absolute Gasteiger partial charge is 0.231 e. The molecule has 1 N–H and O–H groups in total. The third-order valence-electron chi connectivity index (χ3n) is 2.86. The zero-order valence-electron chi connectivity index (χ0n) is 12.1. The van der Waals surface area contributed by atoms with E-state index >= 15 is 0 Å². The average molecular weight is 291 g/mol. The van der Waals surface area contributed by atoms with Gasteiger partial charge in [0.15, 0.2) is 11.5 Å². The molecule has 0 unspecified atom stereocenters. The van der Waals surface area contributed by atoms with Gasteiger partial charge in [-0.1, -0.05) is 0 Å². The molecule has 2 rings (SSSR count). The predicted molar refractivity (Wildman–Crippen MR) is 77.1 cm³/mol. The molecule has 0 radical (unpaired) electrons. The lowest BCUT2D eigenvalue weighted by atomic mass is 10.2. The Morgan fingerprint density at radius 3 is 2.29 bits per heavy atom. The van der Waals surface area contributed by atoms with Crippen molar-refractivity contribution in [3.8, 4) is 17.2 Å². The topological polar surface area (TPSA) is 69.9 Å². The molecule has 0 saturated carbocycles. The molecule has 1 heterocycles. The summed E-state index contributed by atoms with van der Waals surface area (Å²) in [7, 11) is 4.56. The lowest BCUT2D eigenvalue weighted by Crippen LogP contribution is -2.14. The minimum Gasteiger partial charge on any atom is -0.493 e. The molecule has 0 atom stereocenters. The Morgan fingerprint density at radius 2 is 1.81 bits per heavy atom. The molecule has 0 saturated heterocycles. The fourth-order valence-electron chi connectivity index (χ4n) is 1.93. The third-order valence-corrected chi connectivity index (χ3v) is 2.86. The second-order valence-electron chi connectivity index (χ2n) is 4.22. The lowest BCUT2D eigenvalue weighted by Gasteiger charge is -2.14. The second-order valence-corrected chi connectivity index (χ2v) is 4.22. The highest BCUT2D eigenvalue weighted by atomic mass is 16.5. The summed E-state index contributed by atoms with van der Waals surface area (Å²) in [5.74, 6) is 1.83. The van der Waals surface area contributed by atoms with E-state index in [1.807, 2.05) is 0 Å². The minimum absolute atomic E-state index is 0.156. The monoisotopic (exact) mass is 291 g/mol. The van der Waals surface area contributed by atoms with Crippen molar-refractivity contribution in [2.75, 3.05) is 26.6 Å². The maximum Gasteiger partial charge on any atom is 0.231 e. The van der Waals surface area contributed by atoms with Crippen LogP contribution in [0.15, 0.2) is 34.9 Å². The Balaban J connectivity index is 2.17. The van der Waals surface area contributed by atoms with Crippen LogP contribution in [0.3, 0.4) is 0 Å². The van der Waals surface area contributed by atoms with Gasteiger partial charge in [0.2, 0.25) is 11.7 Å². The summed E-state index contributed by atoms with van der Waals surface area (Å²) in [6.07, 6.45) is 1.69. The van der Waals surface area contributed by atoms with Gasteiger partial charge in [0.05, 0.1) is 34.0 Å². The summed E-state index contributed by atoms with van der Waals surface area (Å²) < 4.78 is 20.8. The highest BCUT2D eigenvalue weighted by Crippen LogP contribution is 2.39. The van der Waals surface area contributed by atoms with Gasteiger partial charge in [-0.05, 0) is 12.1 Å². The maximum atomic E-state index is 11.9. The third kappa shape index (κ3) is 3.47. The zero-order chi connectivity index (χ0) is 15.2. The van der Waals surface area contributed by atoms with Crippen molar-refractivity contribution in [1.29, 1.82) is 0 Å². The van der Waals surface area contributed by atoms with Crippen molar-refractivity contribution < 1.29 is 23.4 Å². The summed E-state index contributed by atoms with van der Waals surface area (Å²) in [6, 6.07) is 6.82. The van der Waals surface area contributed by atoms with Crippen LogP contribution in [-0.2, 0) is 11.2 Å². The number of benzene rings is 1. The minimum atomic E-state index is -0.195. The highest BCUT2D eigenvalue weighted by Gasteiger charge is 2.15. The van der Waals surface area contributed by atoms with Crippen LogP contribution >= 0.6 is 0 Å². The zero-order valence-corrected chi connectivity index (χ0v) is 12.1.